The molecule has 0 unspecified atom stereocenters. The maximum absolute atomic E-state index is 5.25. The molecule has 2 N–H and O–H groups in total. The van der Waals surface area contributed by atoms with Crippen molar-refractivity contribution < 1.29 is 4.74 Å². The van der Waals surface area contributed by atoms with Crippen molar-refractivity contribution in [1.82, 2.24) is 0 Å². The molecule has 3 nitrogen and oxygen atoms in total. The minimum absolute atomic E-state index is 0.492. The van der Waals surface area contributed by atoms with Crippen molar-refractivity contribution in [2.75, 3.05) is 30.8 Å². The predicted molar refractivity (Wildman–Crippen MR) is 66.3 cm³/mol. The zero-order valence-corrected chi connectivity index (χ0v) is 9.68. The van der Waals surface area contributed by atoms with E-state index < -0.39 is 0 Å². The van der Waals surface area contributed by atoms with Crippen LogP contribution in [0.4, 0.5) is 11.4 Å². The van der Waals surface area contributed by atoms with Crippen molar-refractivity contribution in [3.8, 4) is 5.75 Å². The first kappa shape index (κ1) is 9.82. The zero-order chi connectivity index (χ0) is 11.0. The first-order valence-electron chi connectivity index (χ1n) is 5.97. The van der Waals surface area contributed by atoms with Crippen LogP contribution in [0.3, 0.4) is 0 Å². The predicted octanol–water partition coefficient (Wildman–Crippen LogP) is 2.70. The van der Waals surface area contributed by atoms with Crippen LogP contribution in [0.1, 0.15) is 19.3 Å². The first-order valence-corrected chi connectivity index (χ1v) is 5.97. The van der Waals surface area contributed by atoms with Gasteiger partial charge in [-0.05, 0) is 25.0 Å². The van der Waals surface area contributed by atoms with Gasteiger partial charge in [0.1, 0.15) is 5.75 Å². The monoisotopic (exact) mass is 218 g/mol. The molecular weight excluding hydrogens is 200 g/mol. The largest absolute Gasteiger partial charge is 0.497 e. The highest BCUT2D eigenvalue weighted by Crippen LogP contribution is 2.43. The molecule has 0 radical (unpaired) electrons. The van der Waals surface area contributed by atoms with E-state index in [9.17, 15) is 0 Å². The van der Waals surface area contributed by atoms with Gasteiger partial charge in [-0.25, -0.2) is 0 Å². The topological polar surface area (TPSA) is 33.3 Å². The fourth-order valence-corrected chi connectivity index (χ4v) is 2.61. The number of benzene rings is 1. The van der Waals surface area contributed by atoms with Crippen LogP contribution < -0.4 is 15.4 Å². The molecule has 16 heavy (non-hydrogen) atoms. The normalized spacial score (nSPS) is 21.1. The second kappa shape index (κ2) is 3.58. The van der Waals surface area contributed by atoms with Crippen molar-refractivity contribution in [3.05, 3.63) is 18.2 Å². The van der Waals surface area contributed by atoms with Crippen LogP contribution >= 0.6 is 0 Å². The van der Waals surface area contributed by atoms with Gasteiger partial charge in [-0.1, -0.05) is 6.42 Å². The van der Waals surface area contributed by atoms with Gasteiger partial charge in [-0.15, -0.1) is 0 Å². The Kier molecular flexibility index (Phi) is 2.20. The molecule has 1 fully saturated rings. The number of rotatable bonds is 1. The van der Waals surface area contributed by atoms with Gasteiger partial charge in [0.2, 0.25) is 0 Å². The number of methoxy groups -OCH3 is 1. The lowest BCUT2D eigenvalue weighted by Crippen LogP contribution is -2.40. The van der Waals surface area contributed by atoms with Gasteiger partial charge in [0.15, 0.2) is 0 Å². The van der Waals surface area contributed by atoms with Crippen molar-refractivity contribution >= 4 is 11.4 Å². The average molecular weight is 218 g/mol. The van der Waals surface area contributed by atoms with Crippen molar-refractivity contribution in [1.29, 1.82) is 0 Å². The maximum Gasteiger partial charge on any atom is 0.121 e. The molecule has 1 saturated carbocycles. The lowest BCUT2D eigenvalue weighted by molar-refractivity contribution is 0.171. The van der Waals surface area contributed by atoms with Gasteiger partial charge in [0, 0.05) is 24.6 Å². The van der Waals surface area contributed by atoms with Crippen molar-refractivity contribution in [3.63, 3.8) is 0 Å². The number of hydrogen-bond donors (Lipinski definition) is 2. The summed E-state index contributed by atoms with van der Waals surface area (Å²) in [6.07, 6.45) is 4.07. The van der Waals surface area contributed by atoms with E-state index in [0.29, 0.717) is 5.41 Å². The summed E-state index contributed by atoms with van der Waals surface area (Å²) in [5, 5.41) is 7.10. The van der Waals surface area contributed by atoms with Crippen LogP contribution in [-0.4, -0.2) is 20.2 Å². The third-order valence-electron chi connectivity index (χ3n) is 3.95. The van der Waals surface area contributed by atoms with E-state index in [1.807, 2.05) is 6.07 Å². The molecule has 0 saturated heterocycles. The molecule has 1 heterocycles. The van der Waals surface area contributed by atoms with Gasteiger partial charge >= 0.3 is 0 Å². The highest BCUT2D eigenvalue weighted by molar-refractivity contribution is 5.71. The molecule has 0 amide bonds. The standard InChI is InChI=1S/C13H18N2O/c1-16-10-3-4-11-12(7-10)15-9-13(8-14-11)5-2-6-13/h3-4,7,14-15H,2,5-6,8-9H2,1H3. The van der Waals surface area contributed by atoms with Crippen LogP contribution in [0.2, 0.25) is 0 Å². The summed E-state index contributed by atoms with van der Waals surface area (Å²) in [4.78, 5) is 0. The molecule has 1 aliphatic carbocycles. The summed E-state index contributed by atoms with van der Waals surface area (Å²) in [7, 11) is 1.71. The maximum atomic E-state index is 5.25. The number of nitrogens with one attached hydrogen (secondary N) is 2. The van der Waals surface area contributed by atoms with Crippen LogP contribution in [0.15, 0.2) is 18.2 Å². The second-order valence-electron chi connectivity index (χ2n) is 4.97. The smallest absolute Gasteiger partial charge is 0.121 e. The summed E-state index contributed by atoms with van der Waals surface area (Å²) in [5.41, 5.74) is 2.86. The van der Waals surface area contributed by atoms with E-state index in [4.69, 9.17) is 4.74 Å². The molecule has 3 rings (SSSR count). The quantitative estimate of drug-likeness (QED) is 0.760. The van der Waals surface area contributed by atoms with Crippen LogP contribution in [0, 0.1) is 5.41 Å². The summed E-state index contributed by atoms with van der Waals surface area (Å²) >= 11 is 0. The molecule has 1 aromatic rings. The summed E-state index contributed by atoms with van der Waals surface area (Å²) < 4.78 is 5.25. The third-order valence-corrected chi connectivity index (χ3v) is 3.95. The van der Waals surface area contributed by atoms with Gasteiger partial charge < -0.3 is 15.4 Å². The molecule has 1 aromatic carbocycles. The Labute approximate surface area is 96.2 Å². The minimum Gasteiger partial charge on any atom is -0.497 e. The summed E-state index contributed by atoms with van der Waals surface area (Å²) in [6, 6.07) is 6.17. The first-order chi connectivity index (χ1) is 7.81. The number of fused-ring (bicyclic) bond motifs is 1. The van der Waals surface area contributed by atoms with E-state index >= 15 is 0 Å². The zero-order valence-electron chi connectivity index (χ0n) is 9.68. The lowest BCUT2D eigenvalue weighted by Gasteiger charge is -2.41. The van der Waals surface area contributed by atoms with Gasteiger partial charge in [0.05, 0.1) is 18.5 Å². The van der Waals surface area contributed by atoms with Crippen LogP contribution in [0.25, 0.3) is 0 Å². The van der Waals surface area contributed by atoms with E-state index in [1.54, 1.807) is 7.11 Å². The Morgan fingerprint density at radius 2 is 1.88 bits per heavy atom. The molecule has 1 spiro atoms. The highest BCUT2D eigenvalue weighted by Gasteiger charge is 2.38. The minimum atomic E-state index is 0.492. The molecular formula is C13H18N2O. The molecule has 0 atom stereocenters. The van der Waals surface area contributed by atoms with Gasteiger partial charge in [-0.2, -0.15) is 0 Å². The molecule has 86 valence electrons. The average Bonchev–Trinajstić information content (AvgIpc) is 2.47. The van der Waals surface area contributed by atoms with Crippen molar-refractivity contribution in [2.45, 2.75) is 19.3 Å². The van der Waals surface area contributed by atoms with Crippen LogP contribution in [-0.2, 0) is 0 Å². The van der Waals surface area contributed by atoms with Gasteiger partial charge in [0.25, 0.3) is 0 Å². The Balaban J connectivity index is 1.85. The summed E-state index contributed by atoms with van der Waals surface area (Å²) in [6.45, 7) is 2.18. The third kappa shape index (κ3) is 1.51. The number of hydrogen-bond acceptors (Lipinski definition) is 3. The highest BCUT2D eigenvalue weighted by atomic mass is 16.5. The van der Waals surface area contributed by atoms with E-state index in [2.05, 4.69) is 22.8 Å². The fourth-order valence-electron chi connectivity index (χ4n) is 2.61. The Hall–Kier alpha value is -1.38. The molecule has 2 aliphatic rings. The van der Waals surface area contributed by atoms with Crippen LogP contribution in [0.5, 0.6) is 5.75 Å². The molecule has 3 heteroatoms. The molecule has 1 aliphatic heterocycles. The van der Waals surface area contributed by atoms with Crippen molar-refractivity contribution in [2.24, 2.45) is 5.41 Å². The molecule has 0 aromatic heterocycles. The van der Waals surface area contributed by atoms with E-state index in [-0.39, 0.29) is 0 Å². The lowest BCUT2D eigenvalue weighted by atomic mass is 9.69. The number of anilines is 2. The van der Waals surface area contributed by atoms with E-state index in [1.165, 1.54) is 30.6 Å². The SMILES string of the molecule is COc1ccc2c(c1)NCC1(CCC1)CN2. The van der Waals surface area contributed by atoms with Gasteiger partial charge in [-0.3, -0.25) is 0 Å². The Bertz CT molecular complexity index is 399. The summed E-state index contributed by atoms with van der Waals surface area (Å²) in [5.74, 6) is 0.914. The number of ether oxygens (including phenoxy) is 1. The second-order valence-corrected chi connectivity index (χ2v) is 4.97. The fraction of sp³-hybridized carbons (Fsp3) is 0.538. The Morgan fingerprint density at radius 3 is 2.50 bits per heavy atom. The van der Waals surface area contributed by atoms with E-state index in [0.717, 1.165) is 18.8 Å². The Morgan fingerprint density at radius 1 is 1.12 bits per heavy atom. The molecule has 0 bridgehead atoms.